The van der Waals surface area contributed by atoms with Crippen molar-refractivity contribution in [1.29, 1.82) is 0 Å². The van der Waals surface area contributed by atoms with Gasteiger partial charge in [0.25, 0.3) is 0 Å². The third-order valence-electron chi connectivity index (χ3n) is 8.93. The molecule has 0 spiro atoms. The van der Waals surface area contributed by atoms with Gasteiger partial charge >= 0.3 is 0 Å². The average Bonchev–Trinajstić information content (AvgIpc) is 3.51. The van der Waals surface area contributed by atoms with Crippen LogP contribution in [-0.4, -0.2) is 55.8 Å². The Labute approximate surface area is 246 Å². The van der Waals surface area contributed by atoms with Crippen molar-refractivity contribution in [1.82, 2.24) is 18.8 Å². The number of benzene rings is 3. The number of aromatic nitrogens is 3. The van der Waals surface area contributed by atoms with Crippen LogP contribution in [0.25, 0.3) is 32.9 Å². The number of aliphatic hydroxyl groups is 1. The van der Waals surface area contributed by atoms with Gasteiger partial charge in [-0.3, -0.25) is 4.90 Å². The topological polar surface area (TPSA) is 100 Å². The molecule has 2 N–H and O–H groups in total. The molecule has 2 saturated heterocycles. The summed E-state index contributed by atoms with van der Waals surface area (Å²) in [6.45, 7) is 4.30. The summed E-state index contributed by atoms with van der Waals surface area (Å²) in [5, 5.41) is 14.8. The first kappa shape index (κ1) is 27.1. The molecular weight excluding hydrogens is 546 g/mol. The molecule has 7 rings (SSSR count). The minimum atomic E-state index is -3.44. The maximum Gasteiger partial charge on any atom is 0.241 e. The van der Waals surface area contributed by atoms with Crippen molar-refractivity contribution in [2.75, 3.05) is 5.32 Å². The van der Waals surface area contributed by atoms with Crippen LogP contribution in [0.3, 0.4) is 0 Å². The Morgan fingerprint density at radius 3 is 2.40 bits per heavy atom. The van der Waals surface area contributed by atoms with Gasteiger partial charge in [-0.25, -0.2) is 22.4 Å². The van der Waals surface area contributed by atoms with Gasteiger partial charge in [-0.05, 0) is 92.6 Å². The second-order valence-electron chi connectivity index (χ2n) is 11.9. The zero-order valence-corrected chi connectivity index (χ0v) is 24.6. The third kappa shape index (κ3) is 4.85. The molecule has 9 heteroatoms. The highest BCUT2D eigenvalue weighted by atomic mass is 32.2. The molecule has 0 amide bonds. The van der Waals surface area contributed by atoms with Gasteiger partial charge in [-0.1, -0.05) is 30.3 Å². The molecule has 4 heterocycles. The summed E-state index contributed by atoms with van der Waals surface area (Å²) in [4.78, 5) is 11.6. The van der Waals surface area contributed by atoms with Crippen molar-refractivity contribution < 1.29 is 13.5 Å². The van der Waals surface area contributed by atoms with Gasteiger partial charge in [0.2, 0.25) is 10.0 Å². The molecule has 2 aromatic heterocycles. The Morgan fingerprint density at radius 1 is 0.929 bits per heavy atom. The van der Waals surface area contributed by atoms with E-state index >= 15 is 0 Å². The smallest absolute Gasteiger partial charge is 0.241 e. The highest BCUT2D eigenvalue weighted by Crippen LogP contribution is 2.37. The van der Waals surface area contributed by atoms with E-state index < -0.39 is 15.3 Å². The van der Waals surface area contributed by atoms with E-state index in [0.29, 0.717) is 23.4 Å². The quantitative estimate of drug-likeness (QED) is 0.241. The number of nitrogens with one attached hydrogen (secondary N) is 1. The van der Waals surface area contributed by atoms with Crippen molar-refractivity contribution >= 4 is 43.3 Å². The van der Waals surface area contributed by atoms with E-state index in [4.69, 9.17) is 0 Å². The largest absolute Gasteiger partial charge is 0.393 e. The Kier molecular flexibility index (Phi) is 6.76. The lowest BCUT2D eigenvalue weighted by Gasteiger charge is -2.37. The molecular formula is C33H35N5O3S. The van der Waals surface area contributed by atoms with Crippen molar-refractivity contribution in [3.8, 4) is 11.1 Å². The van der Waals surface area contributed by atoms with Gasteiger partial charge in [-0.15, -0.1) is 0 Å². The van der Waals surface area contributed by atoms with E-state index in [1.54, 1.807) is 26.4 Å². The van der Waals surface area contributed by atoms with Crippen LogP contribution in [0.4, 0.5) is 11.5 Å². The lowest BCUT2D eigenvalue weighted by atomic mass is 9.98. The Morgan fingerprint density at radius 2 is 1.67 bits per heavy atom. The van der Waals surface area contributed by atoms with Gasteiger partial charge in [-0.2, -0.15) is 0 Å². The molecule has 2 aliphatic rings. The van der Waals surface area contributed by atoms with Crippen LogP contribution in [0.1, 0.15) is 45.1 Å². The van der Waals surface area contributed by atoms with Crippen molar-refractivity contribution in [2.24, 2.45) is 0 Å². The van der Waals surface area contributed by atoms with E-state index in [0.717, 1.165) is 52.5 Å². The molecule has 2 fully saturated rings. The van der Waals surface area contributed by atoms with Crippen LogP contribution in [0, 0.1) is 0 Å². The Balaban J connectivity index is 1.13. The SMILES string of the molecule is CC(C)S(=O)(=O)n1ccc2cc(Nc3ncnc4ccc(-c5ccc(CN6C7CCC6CC(O)C7)cc5)cc34)ccc21. The predicted molar refractivity (Wildman–Crippen MR) is 167 cm³/mol. The Bertz CT molecular complexity index is 1870. The van der Waals surface area contributed by atoms with Crippen LogP contribution in [-0.2, 0) is 16.6 Å². The molecule has 2 bridgehead atoms. The van der Waals surface area contributed by atoms with E-state index in [1.165, 1.54) is 22.4 Å². The van der Waals surface area contributed by atoms with Crippen LogP contribution in [0.15, 0.2) is 79.3 Å². The second kappa shape index (κ2) is 10.5. The summed E-state index contributed by atoms with van der Waals surface area (Å²) in [6, 6.07) is 23.5. The third-order valence-corrected chi connectivity index (χ3v) is 11.0. The number of aliphatic hydroxyl groups excluding tert-OH is 1. The van der Waals surface area contributed by atoms with Crippen LogP contribution in [0.2, 0.25) is 0 Å². The van der Waals surface area contributed by atoms with E-state index in [1.807, 2.05) is 30.3 Å². The zero-order valence-electron chi connectivity index (χ0n) is 23.8. The van der Waals surface area contributed by atoms with E-state index in [2.05, 4.69) is 56.6 Å². The summed E-state index contributed by atoms with van der Waals surface area (Å²) in [5.41, 5.74) is 5.81. The van der Waals surface area contributed by atoms with Gasteiger partial charge in [0, 0.05) is 41.3 Å². The van der Waals surface area contributed by atoms with Crippen LogP contribution >= 0.6 is 0 Å². The number of hydrogen-bond acceptors (Lipinski definition) is 7. The summed E-state index contributed by atoms with van der Waals surface area (Å²) in [7, 11) is -3.44. The summed E-state index contributed by atoms with van der Waals surface area (Å²) >= 11 is 0. The molecule has 216 valence electrons. The van der Waals surface area contributed by atoms with Gasteiger partial charge in [0.1, 0.15) is 12.1 Å². The van der Waals surface area contributed by atoms with Crippen LogP contribution < -0.4 is 5.32 Å². The van der Waals surface area contributed by atoms with Crippen molar-refractivity contribution in [3.05, 3.63) is 84.8 Å². The maximum absolute atomic E-state index is 12.7. The van der Waals surface area contributed by atoms with Gasteiger partial charge in [0.15, 0.2) is 0 Å². The lowest BCUT2D eigenvalue weighted by molar-refractivity contribution is 0.0310. The average molecular weight is 582 g/mol. The lowest BCUT2D eigenvalue weighted by Crippen LogP contribution is -2.44. The number of anilines is 2. The molecule has 5 aromatic rings. The number of piperidine rings is 1. The van der Waals surface area contributed by atoms with Gasteiger partial charge < -0.3 is 10.4 Å². The Hall–Kier alpha value is -3.79. The molecule has 42 heavy (non-hydrogen) atoms. The summed E-state index contributed by atoms with van der Waals surface area (Å²) in [6.07, 6.45) is 7.19. The fourth-order valence-corrected chi connectivity index (χ4v) is 7.76. The molecule has 3 aromatic carbocycles. The molecule has 2 aliphatic heterocycles. The number of hydrogen-bond donors (Lipinski definition) is 2. The predicted octanol–water partition coefficient (Wildman–Crippen LogP) is 6.07. The first-order valence-electron chi connectivity index (χ1n) is 14.7. The highest BCUT2D eigenvalue weighted by Gasteiger charge is 2.39. The molecule has 0 radical (unpaired) electrons. The zero-order chi connectivity index (χ0) is 29.0. The summed E-state index contributed by atoms with van der Waals surface area (Å²) in [5.74, 6) is 0.690. The fraction of sp³-hybridized carbons (Fsp3) is 0.333. The van der Waals surface area contributed by atoms with Crippen LogP contribution in [0.5, 0.6) is 0 Å². The fourth-order valence-electron chi connectivity index (χ4n) is 6.63. The number of rotatable bonds is 7. The summed E-state index contributed by atoms with van der Waals surface area (Å²) < 4.78 is 26.8. The highest BCUT2D eigenvalue weighted by molar-refractivity contribution is 7.90. The number of nitrogens with zero attached hydrogens (tertiary/aromatic N) is 4. The first-order chi connectivity index (χ1) is 20.3. The van der Waals surface area contributed by atoms with Crippen molar-refractivity contribution in [2.45, 2.75) is 69.5 Å². The normalized spacial score (nSPS) is 21.0. The molecule has 0 saturated carbocycles. The number of fused-ring (bicyclic) bond motifs is 4. The molecule has 2 unspecified atom stereocenters. The minimum Gasteiger partial charge on any atom is -0.393 e. The first-order valence-corrected chi connectivity index (χ1v) is 16.2. The van der Waals surface area contributed by atoms with E-state index in [-0.39, 0.29) is 6.10 Å². The standard InChI is InChI=1S/C33H35N5O3S/c1-21(2)42(40,41)38-14-13-25-15-26(8-12-32(25)38)36-33-30-16-24(7-11-31(30)34-20-35-33)23-5-3-22(4-6-23)19-37-27-9-10-28(37)18-29(39)17-27/h3-8,11-16,20-21,27-29,39H,9-10,17-19H2,1-2H3,(H,34,35,36). The maximum atomic E-state index is 12.7. The van der Waals surface area contributed by atoms with Crippen molar-refractivity contribution in [3.63, 3.8) is 0 Å². The van der Waals surface area contributed by atoms with Gasteiger partial charge in [0.05, 0.1) is 22.4 Å². The molecule has 0 aliphatic carbocycles. The second-order valence-corrected chi connectivity index (χ2v) is 14.3. The minimum absolute atomic E-state index is 0.143. The molecule has 2 atom stereocenters. The van der Waals surface area contributed by atoms with E-state index in [9.17, 15) is 13.5 Å². The molecule has 8 nitrogen and oxygen atoms in total. The monoisotopic (exact) mass is 581 g/mol.